The molecule has 5 heteroatoms. The first-order valence-corrected chi connectivity index (χ1v) is 4.10. The number of rotatable bonds is 3. The van der Waals surface area contributed by atoms with Gasteiger partial charge in [0.2, 0.25) is 5.91 Å². The highest BCUT2D eigenvalue weighted by Gasteiger charge is 2.42. The predicted molar refractivity (Wildman–Crippen MR) is 44.2 cm³/mol. The summed E-state index contributed by atoms with van der Waals surface area (Å²) in [5.41, 5.74) is -1.02. The van der Waals surface area contributed by atoms with E-state index >= 15 is 0 Å². The maximum absolute atomic E-state index is 11.0. The van der Waals surface area contributed by atoms with Gasteiger partial charge in [0.1, 0.15) is 5.41 Å². The molecule has 0 aromatic heterocycles. The van der Waals surface area contributed by atoms with Gasteiger partial charge in [-0.1, -0.05) is 0 Å². The molecular formula is C8H13NO4. The number of methoxy groups -OCH3 is 1. The van der Waals surface area contributed by atoms with Gasteiger partial charge < -0.3 is 15.2 Å². The van der Waals surface area contributed by atoms with E-state index < -0.39 is 11.4 Å². The molecule has 1 aliphatic heterocycles. The van der Waals surface area contributed by atoms with Gasteiger partial charge in [-0.25, -0.2) is 0 Å². The monoisotopic (exact) mass is 187 g/mol. The Morgan fingerprint density at radius 3 is 2.92 bits per heavy atom. The van der Waals surface area contributed by atoms with Gasteiger partial charge >= 0.3 is 5.97 Å². The second kappa shape index (κ2) is 3.74. The van der Waals surface area contributed by atoms with Crippen LogP contribution in [0.2, 0.25) is 0 Å². The molecule has 1 fully saturated rings. The molecule has 0 aromatic rings. The Labute approximate surface area is 76.1 Å². The summed E-state index contributed by atoms with van der Waals surface area (Å²) in [6.45, 7) is 0.504. The molecule has 1 heterocycles. The van der Waals surface area contributed by atoms with E-state index in [4.69, 9.17) is 9.84 Å². The first kappa shape index (κ1) is 9.98. The molecule has 0 aliphatic carbocycles. The normalized spacial score (nSPS) is 28.2. The molecule has 1 aliphatic rings. The highest BCUT2D eigenvalue weighted by Crippen LogP contribution is 2.29. The average molecular weight is 187 g/mol. The Hall–Kier alpha value is -1.10. The second-order valence-electron chi connectivity index (χ2n) is 3.30. The largest absolute Gasteiger partial charge is 0.481 e. The zero-order chi connectivity index (χ0) is 9.90. The molecule has 1 rings (SSSR count). The van der Waals surface area contributed by atoms with Crippen molar-refractivity contribution >= 4 is 11.9 Å². The van der Waals surface area contributed by atoms with Crippen LogP contribution >= 0.6 is 0 Å². The molecule has 13 heavy (non-hydrogen) atoms. The third-order valence-electron chi connectivity index (χ3n) is 2.30. The minimum atomic E-state index is -1.02. The SMILES string of the molecule is COCC1(C(=O)O)CCNC(=O)C1. The smallest absolute Gasteiger partial charge is 0.312 e. The molecule has 5 nitrogen and oxygen atoms in total. The zero-order valence-corrected chi connectivity index (χ0v) is 7.50. The lowest BCUT2D eigenvalue weighted by Gasteiger charge is -2.31. The Bertz CT molecular complexity index is 224. The molecule has 1 saturated heterocycles. The van der Waals surface area contributed by atoms with E-state index in [9.17, 15) is 9.59 Å². The van der Waals surface area contributed by atoms with Gasteiger partial charge in [0.05, 0.1) is 6.61 Å². The van der Waals surface area contributed by atoms with Crippen LogP contribution in [0.25, 0.3) is 0 Å². The second-order valence-corrected chi connectivity index (χ2v) is 3.30. The lowest BCUT2D eigenvalue weighted by molar-refractivity contribution is -0.158. The Morgan fingerprint density at radius 1 is 1.77 bits per heavy atom. The van der Waals surface area contributed by atoms with Crippen molar-refractivity contribution in [2.24, 2.45) is 5.41 Å². The average Bonchev–Trinajstić information content (AvgIpc) is 2.04. The van der Waals surface area contributed by atoms with Gasteiger partial charge in [0.25, 0.3) is 0 Å². The highest BCUT2D eigenvalue weighted by molar-refractivity contribution is 5.86. The molecule has 0 radical (unpaired) electrons. The molecule has 0 aromatic carbocycles. The number of piperidine rings is 1. The van der Waals surface area contributed by atoms with Crippen LogP contribution in [0.5, 0.6) is 0 Å². The standard InChI is InChI=1S/C8H13NO4/c1-13-5-8(7(11)12)2-3-9-6(10)4-8/h2-5H2,1H3,(H,9,10)(H,11,12). The van der Waals surface area contributed by atoms with E-state index in [0.717, 1.165) is 0 Å². The Kier molecular flexibility index (Phi) is 2.87. The zero-order valence-electron chi connectivity index (χ0n) is 7.50. The fourth-order valence-electron chi connectivity index (χ4n) is 1.54. The summed E-state index contributed by atoms with van der Waals surface area (Å²) in [6.07, 6.45) is 0.443. The quantitative estimate of drug-likeness (QED) is 0.631. The molecule has 0 bridgehead atoms. The molecule has 1 atom stereocenters. The van der Waals surface area contributed by atoms with Crippen molar-refractivity contribution in [1.29, 1.82) is 0 Å². The van der Waals surface area contributed by atoms with Crippen molar-refractivity contribution in [2.45, 2.75) is 12.8 Å². The van der Waals surface area contributed by atoms with Crippen molar-refractivity contribution < 1.29 is 19.4 Å². The van der Waals surface area contributed by atoms with Crippen molar-refractivity contribution in [1.82, 2.24) is 5.32 Å². The first-order valence-electron chi connectivity index (χ1n) is 4.10. The number of carboxylic acid groups (broad SMARTS) is 1. The van der Waals surface area contributed by atoms with Crippen molar-refractivity contribution in [2.75, 3.05) is 20.3 Å². The van der Waals surface area contributed by atoms with Crippen LogP contribution in [-0.2, 0) is 14.3 Å². The van der Waals surface area contributed by atoms with Crippen LogP contribution in [0.15, 0.2) is 0 Å². The fourth-order valence-corrected chi connectivity index (χ4v) is 1.54. The van der Waals surface area contributed by atoms with Crippen molar-refractivity contribution in [3.63, 3.8) is 0 Å². The number of carbonyl (C=O) groups excluding carboxylic acids is 1. The van der Waals surface area contributed by atoms with Gasteiger partial charge in [0, 0.05) is 20.1 Å². The Balaban J connectivity index is 2.76. The van der Waals surface area contributed by atoms with Gasteiger partial charge in [-0.15, -0.1) is 0 Å². The topological polar surface area (TPSA) is 75.6 Å². The minimum Gasteiger partial charge on any atom is -0.481 e. The van der Waals surface area contributed by atoms with Gasteiger partial charge in [-0.2, -0.15) is 0 Å². The number of aliphatic carboxylic acids is 1. The van der Waals surface area contributed by atoms with Gasteiger partial charge in [0.15, 0.2) is 0 Å². The first-order chi connectivity index (χ1) is 6.10. The van der Waals surface area contributed by atoms with E-state index in [1.165, 1.54) is 7.11 Å². The predicted octanol–water partition coefficient (Wildman–Crippen LogP) is -0.386. The van der Waals surface area contributed by atoms with Gasteiger partial charge in [-0.05, 0) is 6.42 Å². The van der Waals surface area contributed by atoms with Crippen LogP contribution < -0.4 is 5.32 Å². The molecule has 1 amide bonds. The summed E-state index contributed by atoms with van der Waals surface area (Å²) >= 11 is 0. The number of hydrogen-bond donors (Lipinski definition) is 2. The number of carboxylic acids is 1. The van der Waals surface area contributed by atoms with Crippen molar-refractivity contribution in [3.8, 4) is 0 Å². The summed E-state index contributed by atoms with van der Waals surface area (Å²) < 4.78 is 4.83. The lowest BCUT2D eigenvalue weighted by Crippen LogP contribution is -2.47. The molecule has 0 spiro atoms. The van der Waals surface area contributed by atoms with Crippen LogP contribution in [0, 0.1) is 5.41 Å². The fraction of sp³-hybridized carbons (Fsp3) is 0.750. The number of ether oxygens (including phenoxy) is 1. The van der Waals surface area contributed by atoms with Crippen LogP contribution in [0.3, 0.4) is 0 Å². The molecule has 1 unspecified atom stereocenters. The third kappa shape index (κ3) is 1.98. The Morgan fingerprint density at radius 2 is 2.46 bits per heavy atom. The molecule has 74 valence electrons. The third-order valence-corrected chi connectivity index (χ3v) is 2.30. The van der Waals surface area contributed by atoms with E-state index in [1.807, 2.05) is 0 Å². The summed E-state index contributed by atoms with van der Waals surface area (Å²) in [6, 6.07) is 0. The van der Waals surface area contributed by atoms with E-state index in [2.05, 4.69) is 5.32 Å². The van der Waals surface area contributed by atoms with Crippen molar-refractivity contribution in [3.05, 3.63) is 0 Å². The number of amides is 1. The summed E-state index contributed by atoms with van der Waals surface area (Å²) in [4.78, 5) is 22.0. The summed E-state index contributed by atoms with van der Waals surface area (Å²) in [5.74, 6) is -1.17. The lowest BCUT2D eigenvalue weighted by atomic mass is 9.79. The van der Waals surface area contributed by atoms with Crippen LogP contribution in [0.1, 0.15) is 12.8 Å². The molecule has 0 saturated carbocycles. The maximum Gasteiger partial charge on any atom is 0.312 e. The molecular weight excluding hydrogens is 174 g/mol. The summed E-state index contributed by atoms with van der Waals surface area (Å²) in [5, 5.41) is 11.6. The minimum absolute atomic E-state index is 0.0101. The van der Waals surface area contributed by atoms with Crippen LogP contribution in [0.4, 0.5) is 0 Å². The van der Waals surface area contributed by atoms with Crippen LogP contribution in [-0.4, -0.2) is 37.2 Å². The number of hydrogen-bond acceptors (Lipinski definition) is 3. The van der Waals surface area contributed by atoms with E-state index in [0.29, 0.717) is 13.0 Å². The number of nitrogens with one attached hydrogen (secondary N) is 1. The maximum atomic E-state index is 11.0. The number of carbonyl (C=O) groups is 2. The van der Waals surface area contributed by atoms with Gasteiger partial charge in [-0.3, -0.25) is 9.59 Å². The molecule has 2 N–H and O–H groups in total. The van der Waals surface area contributed by atoms with E-state index in [1.54, 1.807) is 0 Å². The van der Waals surface area contributed by atoms with E-state index in [-0.39, 0.29) is 18.9 Å². The summed E-state index contributed by atoms with van der Waals surface area (Å²) in [7, 11) is 1.44. The highest BCUT2D eigenvalue weighted by atomic mass is 16.5.